The van der Waals surface area contributed by atoms with Crippen molar-refractivity contribution >= 4 is 5.91 Å². The second-order valence-electron chi connectivity index (χ2n) is 8.53. The van der Waals surface area contributed by atoms with Crippen LogP contribution in [-0.2, 0) is 17.9 Å². The van der Waals surface area contributed by atoms with Gasteiger partial charge in [0, 0.05) is 37.9 Å². The number of hydrogen-bond acceptors (Lipinski definition) is 5. The SMILES string of the molecule is Cc1cccc(CN2CCCC3(CN(Cc4ncccc4O)CC(F)(F)C3)C2=O)n1. The number of likely N-dealkylation sites (tertiary alicyclic amines) is 2. The van der Waals surface area contributed by atoms with Gasteiger partial charge in [0.05, 0.1) is 29.9 Å². The molecule has 0 radical (unpaired) electrons. The molecule has 2 aliphatic heterocycles. The lowest BCUT2D eigenvalue weighted by atomic mass is 9.71. The maximum Gasteiger partial charge on any atom is 0.261 e. The number of amides is 1. The Balaban J connectivity index is 1.56. The van der Waals surface area contributed by atoms with Crippen LogP contribution in [0.25, 0.3) is 0 Å². The third-order valence-corrected chi connectivity index (χ3v) is 5.94. The van der Waals surface area contributed by atoms with Gasteiger partial charge in [-0.2, -0.15) is 0 Å². The first kappa shape index (κ1) is 20.7. The number of carbonyl (C=O) groups excluding carboxylic acids is 1. The van der Waals surface area contributed by atoms with Crippen LogP contribution in [0.15, 0.2) is 36.5 Å². The van der Waals surface area contributed by atoms with E-state index in [0.717, 1.165) is 11.4 Å². The van der Waals surface area contributed by atoms with Crippen LogP contribution in [0, 0.1) is 12.3 Å². The zero-order valence-corrected chi connectivity index (χ0v) is 17.0. The highest BCUT2D eigenvalue weighted by Crippen LogP contribution is 2.45. The number of nitrogens with zero attached hydrogens (tertiary/aromatic N) is 4. The molecular weight excluding hydrogens is 390 g/mol. The molecule has 1 atom stereocenters. The maximum absolute atomic E-state index is 14.8. The van der Waals surface area contributed by atoms with Crippen LogP contribution in [0.1, 0.15) is 36.3 Å². The second kappa shape index (κ2) is 7.91. The van der Waals surface area contributed by atoms with Crippen molar-refractivity contribution in [3.63, 3.8) is 0 Å². The Labute approximate surface area is 174 Å². The summed E-state index contributed by atoms with van der Waals surface area (Å²) in [6.07, 6.45) is 2.19. The molecule has 8 heteroatoms. The van der Waals surface area contributed by atoms with Crippen LogP contribution in [0.2, 0.25) is 0 Å². The first-order valence-electron chi connectivity index (χ1n) is 10.2. The fourth-order valence-electron chi connectivity index (χ4n) is 4.79. The number of carbonyl (C=O) groups is 1. The van der Waals surface area contributed by atoms with Gasteiger partial charge < -0.3 is 10.0 Å². The van der Waals surface area contributed by atoms with Crippen molar-refractivity contribution in [2.45, 2.75) is 45.2 Å². The minimum absolute atomic E-state index is 0.0254. The van der Waals surface area contributed by atoms with Gasteiger partial charge in [-0.25, -0.2) is 8.78 Å². The van der Waals surface area contributed by atoms with Crippen molar-refractivity contribution < 1.29 is 18.7 Å². The van der Waals surface area contributed by atoms with E-state index in [2.05, 4.69) is 9.97 Å². The summed E-state index contributed by atoms with van der Waals surface area (Å²) in [5.41, 5.74) is 0.832. The van der Waals surface area contributed by atoms with Crippen molar-refractivity contribution in [1.29, 1.82) is 0 Å². The van der Waals surface area contributed by atoms with Gasteiger partial charge in [-0.15, -0.1) is 0 Å². The number of aryl methyl sites for hydroxylation is 1. The average molecular weight is 416 g/mol. The summed E-state index contributed by atoms with van der Waals surface area (Å²) in [5.74, 6) is -3.24. The second-order valence-corrected chi connectivity index (χ2v) is 8.53. The Hall–Kier alpha value is -2.61. The normalized spacial score (nSPS) is 24.4. The largest absolute Gasteiger partial charge is 0.506 e. The lowest BCUT2D eigenvalue weighted by Crippen LogP contribution is -2.60. The number of aromatic hydroxyl groups is 1. The molecule has 2 aromatic rings. The third-order valence-electron chi connectivity index (χ3n) is 5.94. The molecule has 2 aromatic heterocycles. The highest BCUT2D eigenvalue weighted by Gasteiger charge is 2.55. The number of halogens is 2. The number of pyridine rings is 2. The molecular formula is C22H26F2N4O2. The monoisotopic (exact) mass is 416 g/mol. The van der Waals surface area contributed by atoms with E-state index in [1.807, 2.05) is 25.1 Å². The van der Waals surface area contributed by atoms with Gasteiger partial charge in [0.15, 0.2) is 0 Å². The summed E-state index contributed by atoms with van der Waals surface area (Å²) in [7, 11) is 0. The summed E-state index contributed by atoms with van der Waals surface area (Å²) in [6.45, 7) is 2.62. The summed E-state index contributed by atoms with van der Waals surface area (Å²) >= 11 is 0. The standard InChI is InChI=1S/C22H26F2N4O2/c1-16-5-2-6-17(26-16)11-28-10-4-8-21(20(28)30)13-22(23,24)15-27(14-21)12-18-19(29)7-3-9-25-18/h2-3,5-7,9,29H,4,8,10-15H2,1H3. The first-order valence-corrected chi connectivity index (χ1v) is 10.2. The number of rotatable bonds is 4. The molecule has 0 aromatic carbocycles. The first-order chi connectivity index (χ1) is 14.3. The van der Waals surface area contributed by atoms with E-state index in [-0.39, 0.29) is 24.7 Å². The number of piperidine rings is 2. The van der Waals surface area contributed by atoms with E-state index in [1.54, 1.807) is 15.9 Å². The van der Waals surface area contributed by atoms with Gasteiger partial charge in [-0.05, 0) is 44.0 Å². The predicted molar refractivity (Wildman–Crippen MR) is 107 cm³/mol. The van der Waals surface area contributed by atoms with Crippen LogP contribution in [0.3, 0.4) is 0 Å². The van der Waals surface area contributed by atoms with Gasteiger partial charge >= 0.3 is 0 Å². The Morgan fingerprint density at radius 3 is 2.77 bits per heavy atom. The van der Waals surface area contributed by atoms with E-state index in [9.17, 15) is 18.7 Å². The van der Waals surface area contributed by atoms with Gasteiger partial charge in [-0.1, -0.05) is 6.07 Å². The molecule has 1 N–H and O–H groups in total. The Morgan fingerprint density at radius 1 is 1.17 bits per heavy atom. The predicted octanol–water partition coefficient (Wildman–Crippen LogP) is 3.14. The molecule has 4 heterocycles. The quantitative estimate of drug-likeness (QED) is 0.829. The fourth-order valence-corrected chi connectivity index (χ4v) is 4.79. The molecule has 160 valence electrons. The summed E-state index contributed by atoms with van der Waals surface area (Å²) in [5, 5.41) is 9.99. The van der Waals surface area contributed by atoms with Gasteiger partial charge in [-0.3, -0.25) is 19.7 Å². The lowest BCUT2D eigenvalue weighted by molar-refractivity contribution is -0.171. The van der Waals surface area contributed by atoms with E-state index in [0.29, 0.717) is 31.6 Å². The molecule has 6 nitrogen and oxygen atoms in total. The van der Waals surface area contributed by atoms with Crippen molar-refractivity contribution in [3.8, 4) is 5.75 Å². The fraction of sp³-hybridized carbons (Fsp3) is 0.500. The van der Waals surface area contributed by atoms with Crippen LogP contribution in [0.4, 0.5) is 8.78 Å². The molecule has 1 unspecified atom stereocenters. The van der Waals surface area contributed by atoms with E-state index < -0.39 is 24.3 Å². The van der Waals surface area contributed by atoms with Crippen LogP contribution in [0.5, 0.6) is 5.75 Å². The molecule has 30 heavy (non-hydrogen) atoms. The number of alkyl halides is 2. The molecule has 4 rings (SSSR count). The minimum Gasteiger partial charge on any atom is -0.506 e. The van der Waals surface area contributed by atoms with E-state index >= 15 is 0 Å². The Bertz CT molecular complexity index is 939. The van der Waals surface area contributed by atoms with E-state index in [4.69, 9.17) is 0 Å². The topological polar surface area (TPSA) is 69.6 Å². The molecule has 0 saturated carbocycles. The number of hydrogen-bond donors (Lipinski definition) is 1. The van der Waals surface area contributed by atoms with Crippen LogP contribution >= 0.6 is 0 Å². The zero-order valence-electron chi connectivity index (χ0n) is 17.0. The zero-order chi connectivity index (χ0) is 21.4. The molecule has 2 saturated heterocycles. The maximum atomic E-state index is 14.8. The smallest absolute Gasteiger partial charge is 0.261 e. The molecule has 0 aliphatic carbocycles. The highest BCUT2D eigenvalue weighted by atomic mass is 19.3. The molecule has 2 fully saturated rings. The van der Waals surface area contributed by atoms with Crippen molar-refractivity contribution in [1.82, 2.24) is 19.8 Å². The average Bonchev–Trinajstić information content (AvgIpc) is 2.66. The Morgan fingerprint density at radius 2 is 2.00 bits per heavy atom. The summed E-state index contributed by atoms with van der Waals surface area (Å²) in [4.78, 5) is 25.2. The van der Waals surface area contributed by atoms with Crippen molar-refractivity contribution in [2.24, 2.45) is 5.41 Å². The lowest BCUT2D eigenvalue weighted by Gasteiger charge is -2.49. The number of aromatic nitrogens is 2. The van der Waals surface area contributed by atoms with Gasteiger partial charge in [0.1, 0.15) is 5.75 Å². The summed E-state index contributed by atoms with van der Waals surface area (Å²) < 4.78 is 29.5. The van der Waals surface area contributed by atoms with Crippen molar-refractivity contribution in [3.05, 3.63) is 53.6 Å². The molecule has 1 amide bonds. The highest BCUT2D eigenvalue weighted by molar-refractivity contribution is 5.84. The van der Waals surface area contributed by atoms with Crippen LogP contribution < -0.4 is 0 Å². The minimum atomic E-state index is -2.98. The molecule has 1 spiro atoms. The Kier molecular flexibility index (Phi) is 5.44. The van der Waals surface area contributed by atoms with Gasteiger partial charge in [0.2, 0.25) is 5.91 Å². The molecule has 0 bridgehead atoms. The third kappa shape index (κ3) is 4.28. The van der Waals surface area contributed by atoms with Gasteiger partial charge in [0.25, 0.3) is 5.92 Å². The van der Waals surface area contributed by atoms with Crippen LogP contribution in [-0.4, -0.2) is 56.3 Å². The van der Waals surface area contributed by atoms with Crippen molar-refractivity contribution in [2.75, 3.05) is 19.6 Å². The molecule has 2 aliphatic rings. The van der Waals surface area contributed by atoms with E-state index in [1.165, 1.54) is 12.3 Å². The summed E-state index contributed by atoms with van der Waals surface area (Å²) in [6, 6.07) is 8.70.